The third-order valence-electron chi connectivity index (χ3n) is 7.59. The molecule has 3 aromatic rings. The van der Waals surface area contributed by atoms with E-state index >= 15 is 0 Å². The molecular formula is C31H32F3N5O2. The van der Waals surface area contributed by atoms with Gasteiger partial charge in [0.05, 0.1) is 17.7 Å². The Morgan fingerprint density at radius 1 is 0.878 bits per heavy atom. The number of halogens is 3. The first-order chi connectivity index (χ1) is 19.7. The lowest BCUT2D eigenvalue weighted by atomic mass is 9.86. The molecule has 2 aliphatic rings. The summed E-state index contributed by atoms with van der Waals surface area (Å²) < 4.78 is 39.0. The zero-order chi connectivity index (χ0) is 29.0. The van der Waals surface area contributed by atoms with Gasteiger partial charge in [-0.25, -0.2) is 4.98 Å². The SMILES string of the molecule is Nc1cccc(CC(=O)N2CCN(c3ccc(NC(=O)C4=C(c5ccc(C(F)(F)F)cc5)CCCC4)cc3)CC2)n1. The molecule has 7 nitrogen and oxygen atoms in total. The number of nitrogens with two attached hydrogens (primary N) is 1. The number of rotatable bonds is 6. The zero-order valence-corrected chi connectivity index (χ0v) is 22.6. The monoisotopic (exact) mass is 563 g/mol. The van der Waals surface area contributed by atoms with Crippen LogP contribution in [0.15, 0.2) is 72.3 Å². The standard InChI is InChI=1S/C31H32F3N5O2/c32-31(33,34)22-10-8-21(9-11-22)26-5-1-2-6-27(26)30(41)37-23-12-14-25(15-13-23)38-16-18-39(19-17-38)29(40)20-24-4-3-7-28(35)36-24/h3-4,7-15H,1-2,5-6,16-20H2,(H2,35,36)(H,37,41). The second-order valence-corrected chi connectivity index (χ2v) is 10.3. The maximum Gasteiger partial charge on any atom is 0.416 e. The number of hydrogen-bond donors (Lipinski definition) is 2. The minimum atomic E-state index is -4.40. The average Bonchev–Trinajstić information content (AvgIpc) is 2.97. The first-order valence-electron chi connectivity index (χ1n) is 13.7. The number of nitrogens with one attached hydrogen (secondary N) is 1. The van der Waals surface area contributed by atoms with Gasteiger partial charge in [0, 0.05) is 43.1 Å². The number of amides is 2. The number of alkyl halides is 3. The highest BCUT2D eigenvalue weighted by molar-refractivity contribution is 6.09. The summed E-state index contributed by atoms with van der Waals surface area (Å²) in [5, 5.41) is 2.96. The Morgan fingerprint density at radius 2 is 1.56 bits per heavy atom. The van der Waals surface area contributed by atoms with Gasteiger partial charge in [-0.1, -0.05) is 18.2 Å². The van der Waals surface area contributed by atoms with Gasteiger partial charge in [-0.05, 0) is 85.4 Å². The van der Waals surface area contributed by atoms with Gasteiger partial charge in [0.15, 0.2) is 0 Å². The predicted molar refractivity (Wildman–Crippen MR) is 153 cm³/mol. The van der Waals surface area contributed by atoms with Gasteiger partial charge in [-0.3, -0.25) is 9.59 Å². The number of piperazine rings is 1. The van der Waals surface area contributed by atoms with Gasteiger partial charge < -0.3 is 20.9 Å². The molecule has 2 aromatic carbocycles. The van der Waals surface area contributed by atoms with Crippen LogP contribution in [-0.4, -0.2) is 47.9 Å². The minimum Gasteiger partial charge on any atom is -0.384 e. The summed E-state index contributed by atoms with van der Waals surface area (Å²) in [6, 6.07) is 17.9. The van der Waals surface area contributed by atoms with Crippen LogP contribution in [0.5, 0.6) is 0 Å². The molecule has 1 aromatic heterocycles. The molecule has 2 heterocycles. The van der Waals surface area contributed by atoms with E-state index < -0.39 is 11.7 Å². The molecule has 1 fully saturated rings. The number of aromatic nitrogens is 1. The number of pyridine rings is 1. The summed E-state index contributed by atoms with van der Waals surface area (Å²) in [4.78, 5) is 34.2. The molecule has 214 valence electrons. The maximum absolute atomic E-state index is 13.2. The van der Waals surface area contributed by atoms with Gasteiger partial charge in [-0.2, -0.15) is 13.2 Å². The quantitative estimate of drug-likeness (QED) is 0.411. The van der Waals surface area contributed by atoms with Gasteiger partial charge in [-0.15, -0.1) is 0 Å². The Labute approximate surface area is 236 Å². The van der Waals surface area contributed by atoms with E-state index in [1.165, 1.54) is 12.1 Å². The number of carbonyl (C=O) groups is 2. The number of nitrogens with zero attached hydrogens (tertiary/aromatic N) is 3. The third kappa shape index (κ3) is 6.87. The highest BCUT2D eigenvalue weighted by Crippen LogP contribution is 2.35. The Hall–Kier alpha value is -4.34. The van der Waals surface area contributed by atoms with Crippen molar-refractivity contribution in [2.24, 2.45) is 0 Å². The lowest BCUT2D eigenvalue weighted by Gasteiger charge is -2.36. The van der Waals surface area contributed by atoms with Gasteiger partial charge in [0.2, 0.25) is 5.91 Å². The van der Waals surface area contributed by atoms with E-state index in [1.54, 1.807) is 18.2 Å². The molecule has 0 radical (unpaired) electrons. The molecule has 1 aliphatic carbocycles. The molecule has 1 saturated heterocycles. The van der Waals surface area contributed by atoms with Crippen LogP contribution in [-0.2, 0) is 22.2 Å². The Bertz CT molecular complexity index is 1430. The number of hydrogen-bond acceptors (Lipinski definition) is 5. The van der Waals surface area contributed by atoms with Gasteiger partial charge in [0.25, 0.3) is 5.91 Å². The largest absolute Gasteiger partial charge is 0.416 e. The van der Waals surface area contributed by atoms with Crippen LogP contribution < -0.4 is 16.0 Å². The fraction of sp³-hybridized carbons (Fsp3) is 0.323. The van der Waals surface area contributed by atoms with Crippen molar-refractivity contribution in [2.75, 3.05) is 42.1 Å². The molecule has 2 amide bonds. The first kappa shape index (κ1) is 28.2. The summed E-state index contributed by atoms with van der Waals surface area (Å²) in [7, 11) is 0. The maximum atomic E-state index is 13.2. The predicted octanol–water partition coefficient (Wildman–Crippen LogP) is 5.54. The van der Waals surface area contributed by atoms with Crippen molar-refractivity contribution in [3.63, 3.8) is 0 Å². The van der Waals surface area contributed by atoms with Crippen molar-refractivity contribution in [3.8, 4) is 0 Å². The van der Waals surface area contributed by atoms with Crippen LogP contribution in [0, 0.1) is 0 Å². The number of carbonyl (C=O) groups excluding carboxylic acids is 2. The van der Waals surface area contributed by atoms with E-state index in [0.29, 0.717) is 67.4 Å². The second kappa shape index (κ2) is 12.0. The van der Waals surface area contributed by atoms with Gasteiger partial charge in [0.1, 0.15) is 5.82 Å². The molecule has 0 unspecified atom stereocenters. The van der Waals surface area contributed by atoms with Crippen LogP contribution in [0.4, 0.5) is 30.4 Å². The Kier molecular flexibility index (Phi) is 8.28. The van der Waals surface area contributed by atoms with Crippen molar-refractivity contribution < 1.29 is 22.8 Å². The van der Waals surface area contributed by atoms with Crippen molar-refractivity contribution >= 4 is 34.6 Å². The van der Waals surface area contributed by atoms with Crippen LogP contribution in [0.1, 0.15) is 42.5 Å². The summed E-state index contributed by atoms with van der Waals surface area (Å²) in [6.07, 6.45) is -1.20. The third-order valence-corrected chi connectivity index (χ3v) is 7.59. The normalized spacial score (nSPS) is 16.1. The van der Waals surface area contributed by atoms with E-state index in [2.05, 4.69) is 15.2 Å². The number of benzene rings is 2. The molecule has 5 rings (SSSR count). The smallest absolute Gasteiger partial charge is 0.384 e. The molecule has 0 spiro atoms. The van der Waals surface area contributed by atoms with Crippen molar-refractivity contribution in [3.05, 3.63) is 89.1 Å². The minimum absolute atomic E-state index is 0.0218. The van der Waals surface area contributed by atoms with Crippen LogP contribution in [0.25, 0.3) is 5.57 Å². The average molecular weight is 564 g/mol. The van der Waals surface area contributed by atoms with E-state index in [-0.39, 0.29) is 18.2 Å². The van der Waals surface area contributed by atoms with E-state index in [1.807, 2.05) is 29.2 Å². The number of nitrogen functional groups attached to an aromatic ring is 1. The van der Waals surface area contributed by atoms with Crippen LogP contribution in [0.2, 0.25) is 0 Å². The molecule has 10 heteroatoms. The molecule has 41 heavy (non-hydrogen) atoms. The van der Waals surface area contributed by atoms with E-state index in [4.69, 9.17) is 5.73 Å². The first-order valence-corrected chi connectivity index (χ1v) is 13.7. The molecule has 1 aliphatic heterocycles. The van der Waals surface area contributed by atoms with E-state index in [9.17, 15) is 22.8 Å². The molecule has 0 atom stereocenters. The summed E-state index contributed by atoms with van der Waals surface area (Å²) in [5.41, 5.74) is 9.39. The fourth-order valence-corrected chi connectivity index (χ4v) is 5.37. The number of anilines is 3. The van der Waals surface area contributed by atoms with Crippen LogP contribution in [0.3, 0.4) is 0 Å². The molecule has 3 N–H and O–H groups in total. The van der Waals surface area contributed by atoms with Crippen molar-refractivity contribution in [1.29, 1.82) is 0 Å². The Morgan fingerprint density at radius 3 is 2.22 bits per heavy atom. The highest BCUT2D eigenvalue weighted by Gasteiger charge is 2.30. The summed E-state index contributed by atoms with van der Waals surface area (Å²) in [5.74, 6) is 0.192. The molecular weight excluding hydrogens is 531 g/mol. The van der Waals surface area contributed by atoms with Crippen molar-refractivity contribution in [2.45, 2.75) is 38.3 Å². The summed E-state index contributed by atoms with van der Waals surface area (Å²) in [6.45, 7) is 2.57. The lowest BCUT2D eigenvalue weighted by molar-refractivity contribution is -0.137. The highest BCUT2D eigenvalue weighted by atomic mass is 19.4. The second-order valence-electron chi connectivity index (χ2n) is 10.3. The summed E-state index contributed by atoms with van der Waals surface area (Å²) >= 11 is 0. The topological polar surface area (TPSA) is 91.6 Å². The Balaban J connectivity index is 1.19. The van der Waals surface area contributed by atoms with E-state index in [0.717, 1.165) is 36.2 Å². The van der Waals surface area contributed by atoms with Crippen LogP contribution >= 0.6 is 0 Å². The van der Waals surface area contributed by atoms with Crippen molar-refractivity contribution in [1.82, 2.24) is 9.88 Å². The van der Waals surface area contributed by atoms with Gasteiger partial charge >= 0.3 is 6.18 Å². The fourth-order valence-electron chi connectivity index (χ4n) is 5.37. The lowest BCUT2D eigenvalue weighted by Crippen LogP contribution is -2.49. The molecule has 0 saturated carbocycles. The number of allylic oxidation sites excluding steroid dienone is 1. The zero-order valence-electron chi connectivity index (χ0n) is 22.6. The molecule has 0 bridgehead atoms.